The Kier molecular flexibility index (Phi) is 4.63. The zero-order chi connectivity index (χ0) is 17.4. The van der Waals surface area contributed by atoms with Crippen LogP contribution in [-0.2, 0) is 4.79 Å². The summed E-state index contributed by atoms with van der Waals surface area (Å²) in [4.78, 5) is 14.3. The summed E-state index contributed by atoms with van der Waals surface area (Å²) in [7, 11) is 0. The van der Waals surface area contributed by atoms with Gasteiger partial charge in [-0.25, -0.2) is 8.78 Å². The normalized spacial score (nSPS) is 31.8. The highest BCUT2D eigenvalue weighted by molar-refractivity contribution is 5.82. The molecule has 1 aliphatic carbocycles. The minimum absolute atomic E-state index is 0.0178. The molecule has 1 saturated carbocycles. The standard InChI is InChI=1S/C19H25F2N3O/c20-14-5-3-6-15(21)18(14)24-9-8-13(11-24)22-19(25)17-10-12-4-1-2-7-16(12)23-17/h3,5-6,12-13,16-17,23H,1-2,4,7-11H2,(H,22,25). The van der Waals surface area contributed by atoms with Crippen LogP contribution in [0.5, 0.6) is 0 Å². The lowest BCUT2D eigenvalue weighted by Gasteiger charge is -2.24. The summed E-state index contributed by atoms with van der Waals surface area (Å²) in [5, 5.41) is 6.56. The van der Waals surface area contributed by atoms with Gasteiger partial charge in [0.1, 0.15) is 17.3 Å². The lowest BCUT2D eigenvalue weighted by Crippen LogP contribution is -2.47. The van der Waals surface area contributed by atoms with E-state index in [0.717, 1.165) is 12.8 Å². The molecule has 4 atom stereocenters. The minimum Gasteiger partial charge on any atom is -0.365 e. The smallest absolute Gasteiger partial charge is 0.237 e. The van der Waals surface area contributed by atoms with Crippen molar-refractivity contribution in [2.24, 2.45) is 5.92 Å². The highest BCUT2D eigenvalue weighted by Gasteiger charge is 2.39. The van der Waals surface area contributed by atoms with Gasteiger partial charge in [-0.15, -0.1) is 0 Å². The summed E-state index contributed by atoms with van der Waals surface area (Å²) in [6, 6.07) is 4.22. The van der Waals surface area contributed by atoms with Gasteiger partial charge in [-0.2, -0.15) is 0 Å². The number of para-hydroxylation sites is 1. The molecule has 4 nitrogen and oxygen atoms in total. The van der Waals surface area contributed by atoms with Crippen molar-refractivity contribution >= 4 is 11.6 Å². The van der Waals surface area contributed by atoms with Gasteiger partial charge in [0.2, 0.25) is 5.91 Å². The summed E-state index contributed by atoms with van der Waals surface area (Å²) >= 11 is 0. The van der Waals surface area contributed by atoms with Crippen molar-refractivity contribution < 1.29 is 13.6 Å². The van der Waals surface area contributed by atoms with Gasteiger partial charge in [-0.3, -0.25) is 4.79 Å². The predicted octanol–water partition coefficient (Wildman–Crippen LogP) is 2.58. The molecule has 4 unspecified atom stereocenters. The van der Waals surface area contributed by atoms with E-state index in [1.54, 1.807) is 4.90 Å². The molecule has 3 fully saturated rings. The van der Waals surface area contributed by atoms with Gasteiger partial charge < -0.3 is 15.5 Å². The summed E-state index contributed by atoms with van der Waals surface area (Å²) < 4.78 is 27.9. The second kappa shape index (κ2) is 6.90. The van der Waals surface area contributed by atoms with Gasteiger partial charge in [0.25, 0.3) is 0 Å². The Labute approximate surface area is 147 Å². The molecule has 1 aromatic carbocycles. The molecule has 3 aliphatic rings. The molecule has 0 bridgehead atoms. The number of rotatable bonds is 3. The molecule has 136 valence electrons. The van der Waals surface area contributed by atoms with Crippen LogP contribution in [0.2, 0.25) is 0 Å². The number of hydrogen-bond donors (Lipinski definition) is 2. The van der Waals surface area contributed by atoms with Crippen molar-refractivity contribution in [2.75, 3.05) is 18.0 Å². The topological polar surface area (TPSA) is 44.4 Å². The lowest BCUT2D eigenvalue weighted by atomic mass is 9.85. The van der Waals surface area contributed by atoms with Crippen LogP contribution in [0.4, 0.5) is 14.5 Å². The maximum atomic E-state index is 13.9. The molecule has 2 N–H and O–H groups in total. The number of halogens is 2. The third kappa shape index (κ3) is 3.36. The van der Waals surface area contributed by atoms with E-state index >= 15 is 0 Å². The molecule has 2 heterocycles. The van der Waals surface area contributed by atoms with Crippen LogP contribution < -0.4 is 15.5 Å². The number of anilines is 1. The van der Waals surface area contributed by atoms with E-state index < -0.39 is 11.6 Å². The SMILES string of the molecule is O=C(NC1CCN(c2c(F)cccc2F)C1)C1CC2CCCCC2N1. The number of benzene rings is 1. The summed E-state index contributed by atoms with van der Waals surface area (Å²) in [6.45, 7) is 0.995. The molecular weight excluding hydrogens is 324 g/mol. The maximum absolute atomic E-state index is 13.9. The second-order valence-electron chi connectivity index (χ2n) is 7.62. The Morgan fingerprint density at radius 3 is 2.68 bits per heavy atom. The number of nitrogens with one attached hydrogen (secondary N) is 2. The number of hydrogen-bond acceptors (Lipinski definition) is 3. The van der Waals surface area contributed by atoms with Gasteiger partial charge in [0.15, 0.2) is 0 Å². The van der Waals surface area contributed by atoms with E-state index in [2.05, 4.69) is 10.6 Å². The lowest BCUT2D eigenvalue weighted by molar-refractivity contribution is -0.123. The first-order valence-corrected chi connectivity index (χ1v) is 9.37. The quantitative estimate of drug-likeness (QED) is 0.882. The van der Waals surface area contributed by atoms with E-state index in [4.69, 9.17) is 0 Å². The highest BCUT2D eigenvalue weighted by atomic mass is 19.1. The van der Waals surface area contributed by atoms with Crippen molar-refractivity contribution in [1.29, 1.82) is 0 Å². The molecule has 0 radical (unpaired) electrons. The number of carbonyl (C=O) groups excluding carboxylic acids is 1. The molecule has 2 saturated heterocycles. The van der Waals surface area contributed by atoms with Crippen LogP contribution in [0, 0.1) is 17.6 Å². The molecule has 2 aliphatic heterocycles. The zero-order valence-electron chi connectivity index (χ0n) is 14.3. The van der Waals surface area contributed by atoms with Crippen molar-refractivity contribution in [2.45, 2.75) is 56.7 Å². The number of nitrogens with zero attached hydrogens (tertiary/aromatic N) is 1. The monoisotopic (exact) mass is 349 g/mol. The minimum atomic E-state index is -0.548. The zero-order valence-corrected chi connectivity index (χ0v) is 14.3. The average molecular weight is 349 g/mol. The maximum Gasteiger partial charge on any atom is 0.237 e. The van der Waals surface area contributed by atoms with Gasteiger partial charge in [0.05, 0.1) is 6.04 Å². The Bertz CT molecular complexity index is 619. The summed E-state index contributed by atoms with van der Waals surface area (Å²) in [5.74, 6) is -0.436. The van der Waals surface area contributed by atoms with Crippen molar-refractivity contribution in [3.63, 3.8) is 0 Å². The fraction of sp³-hybridized carbons (Fsp3) is 0.632. The van der Waals surface area contributed by atoms with Crippen LogP contribution >= 0.6 is 0 Å². The number of fused-ring (bicyclic) bond motifs is 1. The van der Waals surface area contributed by atoms with Crippen LogP contribution in [0.15, 0.2) is 18.2 Å². The molecule has 0 aromatic heterocycles. The van der Waals surface area contributed by atoms with Crippen LogP contribution in [0.25, 0.3) is 0 Å². The van der Waals surface area contributed by atoms with Gasteiger partial charge >= 0.3 is 0 Å². The molecule has 0 spiro atoms. The van der Waals surface area contributed by atoms with Crippen LogP contribution in [0.3, 0.4) is 0 Å². The van der Waals surface area contributed by atoms with E-state index in [-0.39, 0.29) is 23.7 Å². The summed E-state index contributed by atoms with van der Waals surface area (Å²) in [5.41, 5.74) is 0.0178. The Morgan fingerprint density at radius 2 is 1.92 bits per heavy atom. The summed E-state index contributed by atoms with van der Waals surface area (Å²) in [6.07, 6.45) is 6.51. The third-order valence-electron chi connectivity index (χ3n) is 5.97. The third-order valence-corrected chi connectivity index (χ3v) is 5.97. The van der Waals surface area contributed by atoms with E-state index in [0.29, 0.717) is 31.5 Å². The largest absolute Gasteiger partial charge is 0.365 e. The highest BCUT2D eigenvalue weighted by Crippen LogP contribution is 2.33. The predicted molar refractivity (Wildman–Crippen MR) is 92.4 cm³/mol. The first-order chi connectivity index (χ1) is 12.1. The molecule has 25 heavy (non-hydrogen) atoms. The first-order valence-electron chi connectivity index (χ1n) is 9.37. The molecular formula is C19H25F2N3O. The van der Waals surface area contributed by atoms with Crippen molar-refractivity contribution in [1.82, 2.24) is 10.6 Å². The van der Waals surface area contributed by atoms with E-state index in [1.807, 2.05) is 0 Å². The van der Waals surface area contributed by atoms with Gasteiger partial charge in [0, 0.05) is 25.2 Å². The van der Waals surface area contributed by atoms with E-state index in [9.17, 15) is 13.6 Å². The molecule has 1 aromatic rings. The van der Waals surface area contributed by atoms with E-state index in [1.165, 1.54) is 37.5 Å². The second-order valence-corrected chi connectivity index (χ2v) is 7.62. The Balaban J connectivity index is 1.34. The fourth-order valence-electron chi connectivity index (χ4n) is 4.70. The molecule has 6 heteroatoms. The van der Waals surface area contributed by atoms with Crippen molar-refractivity contribution in [3.05, 3.63) is 29.8 Å². The van der Waals surface area contributed by atoms with Crippen LogP contribution in [0.1, 0.15) is 38.5 Å². The Hall–Kier alpha value is -1.69. The van der Waals surface area contributed by atoms with Gasteiger partial charge in [-0.05, 0) is 43.7 Å². The van der Waals surface area contributed by atoms with Gasteiger partial charge in [-0.1, -0.05) is 18.9 Å². The average Bonchev–Trinajstić information content (AvgIpc) is 3.21. The molecule has 1 amide bonds. The fourth-order valence-corrected chi connectivity index (χ4v) is 4.70. The first kappa shape index (κ1) is 16.8. The molecule has 4 rings (SSSR count). The number of carbonyl (C=O) groups is 1. The Morgan fingerprint density at radius 1 is 1.16 bits per heavy atom. The van der Waals surface area contributed by atoms with Crippen molar-refractivity contribution in [3.8, 4) is 0 Å². The van der Waals surface area contributed by atoms with Crippen LogP contribution in [-0.4, -0.2) is 37.1 Å². The number of amides is 1.